The molecule has 0 amide bonds. The van der Waals surface area contributed by atoms with Gasteiger partial charge in [0.2, 0.25) is 0 Å². The Morgan fingerprint density at radius 3 is 2.21 bits per heavy atom. The molecule has 0 aliphatic carbocycles. The molecule has 1 rings (SSSR count). The van der Waals surface area contributed by atoms with Crippen LogP contribution < -0.4 is 29.6 Å². The fraction of sp³-hybridized carbons (Fsp3) is 0.111. The van der Waals surface area contributed by atoms with Crippen molar-refractivity contribution in [2.24, 2.45) is 0 Å². The molecule has 1 aromatic carbocycles. The van der Waals surface area contributed by atoms with Gasteiger partial charge >= 0.3 is 35.5 Å². The average molecular weight is 204 g/mol. The third-order valence-corrected chi connectivity index (χ3v) is 1.65. The van der Waals surface area contributed by atoms with Crippen molar-refractivity contribution in [1.29, 1.82) is 0 Å². The van der Waals surface area contributed by atoms with Crippen molar-refractivity contribution in [2.45, 2.75) is 6.92 Å². The van der Waals surface area contributed by atoms with Gasteiger partial charge in [-0.25, -0.2) is 4.79 Å². The molecule has 0 spiro atoms. The minimum absolute atomic E-state index is 0. The van der Waals surface area contributed by atoms with Crippen molar-refractivity contribution in [3.05, 3.63) is 29.3 Å². The van der Waals surface area contributed by atoms with Crippen LogP contribution in [0, 0.1) is 0 Å². The predicted molar refractivity (Wildman–Crippen MR) is 46.2 cm³/mol. The van der Waals surface area contributed by atoms with Crippen molar-refractivity contribution >= 4 is 11.8 Å². The topological polar surface area (TPSA) is 74.6 Å². The van der Waals surface area contributed by atoms with Gasteiger partial charge in [0.05, 0.1) is 5.56 Å². The first kappa shape index (κ1) is 13.2. The molecule has 0 fully saturated rings. The van der Waals surface area contributed by atoms with Crippen molar-refractivity contribution in [3.8, 4) is 5.75 Å². The number of Topliss-reactive ketones (excluding diaryl/α,β-unsaturated/α-hetero) is 1. The SMILES string of the molecule is CC(=O)c1cccc(C(=O)O)c1O.[H-].[Na+]. The van der Waals surface area contributed by atoms with Crippen LogP contribution in [0.4, 0.5) is 0 Å². The Balaban J connectivity index is 0. The molecule has 70 valence electrons. The first-order valence-corrected chi connectivity index (χ1v) is 3.60. The molecule has 4 nitrogen and oxygen atoms in total. The van der Waals surface area contributed by atoms with E-state index >= 15 is 0 Å². The second-order valence-corrected chi connectivity index (χ2v) is 2.56. The summed E-state index contributed by atoms with van der Waals surface area (Å²) in [5.74, 6) is -2.08. The minimum atomic E-state index is -1.25. The molecule has 0 aromatic heterocycles. The minimum Gasteiger partial charge on any atom is -1.00 e. The third kappa shape index (κ3) is 2.57. The van der Waals surface area contributed by atoms with Crippen LogP contribution in [-0.4, -0.2) is 22.0 Å². The Bertz CT molecular complexity index is 346. The van der Waals surface area contributed by atoms with Gasteiger partial charge in [0.1, 0.15) is 11.3 Å². The van der Waals surface area contributed by atoms with Crippen LogP contribution in [0.15, 0.2) is 18.2 Å². The van der Waals surface area contributed by atoms with Crippen molar-refractivity contribution in [1.82, 2.24) is 0 Å². The molecule has 0 atom stereocenters. The van der Waals surface area contributed by atoms with Gasteiger partial charge in [0, 0.05) is 0 Å². The van der Waals surface area contributed by atoms with Gasteiger partial charge in [0.25, 0.3) is 0 Å². The molecule has 5 heteroatoms. The van der Waals surface area contributed by atoms with Crippen LogP contribution in [0.2, 0.25) is 0 Å². The molecular weight excluding hydrogens is 195 g/mol. The van der Waals surface area contributed by atoms with Gasteiger partial charge < -0.3 is 11.6 Å². The third-order valence-electron chi connectivity index (χ3n) is 1.65. The summed E-state index contributed by atoms with van der Waals surface area (Å²) in [7, 11) is 0. The number of para-hydroxylation sites is 1. The first-order chi connectivity index (χ1) is 6.04. The number of ketones is 1. The number of phenols is 1. The van der Waals surface area contributed by atoms with E-state index in [4.69, 9.17) is 5.11 Å². The molecule has 14 heavy (non-hydrogen) atoms. The van der Waals surface area contributed by atoms with Crippen LogP contribution in [0.1, 0.15) is 29.1 Å². The molecule has 0 aliphatic heterocycles. The van der Waals surface area contributed by atoms with E-state index < -0.39 is 11.7 Å². The van der Waals surface area contributed by atoms with E-state index in [-0.39, 0.29) is 47.9 Å². The van der Waals surface area contributed by atoms with E-state index in [9.17, 15) is 14.7 Å². The zero-order valence-electron chi connectivity index (χ0n) is 8.94. The molecular formula is C9H9NaO4. The Morgan fingerprint density at radius 2 is 1.79 bits per heavy atom. The molecule has 0 radical (unpaired) electrons. The van der Waals surface area contributed by atoms with Crippen LogP contribution in [0.5, 0.6) is 5.75 Å². The monoisotopic (exact) mass is 204 g/mol. The summed E-state index contributed by atoms with van der Waals surface area (Å²) in [4.78, 5) is 21.4. The number of carbonyl (C=O) groups is 2. The van der Waals surface area contributed by atoms with Gasteiger partial charge in [-0.15, -0.1) is 0 Å². The molecule has 0 saturated heterocycles. The van der Waals surface area contributed by atoms with Gasteiger partial charge in [0.15, 0.2) is 5.78 Å². The summed E-state index contributed by atoms with van der Waals surface area (Å²) in [5.41, 5.74) is -0.229. The van der Waals surface area contributed by atoms with Crippen molar-refractivity contribution in [2.75, 3.05) is 0 Å². The van der Waals surface area contributed by atoms with Crippen LogP contribution in [-0.2, 0) is 0 Å². The number of aromatic carboxylic acids is 1. The second kappa shape index (κ2) is 5.14. The molecule has 1 aromatic rings. The summed E-state index contributed by atoms with van der Waals surface area (Å²) in [6, 6.07) is 4.04. The molecule has 0 saturated carbocycles. The predicted octanol–water partition coefficient (Wildman–Crippen LogP) is -1.59. The number of aromatic hydroxyl groups is 1. The van der Waals surface area contributed by atoms with Gasteiger partial charge in [-0.2, -0.15) is 0 Å². The fourth-order valence-corrected chi connectivity index (χ4v) is 1.00. The van der Waals surface area contributed by atoms with Gasteiger partial charge in [-0.05, 0) is 19.1 Å². The standard InChI is InChI=1S/C9H8O4.Na.H/c1-5(10)6-3-2-4-7(8(6)11)9(12)13;;/h2-4,11H,1H3,(H,12,13);;/q;+1;-1. The molecule has 0 unspecified atom stereocenters. The normalized spacial score (nSPS) is 8.93. The van der Waals surface area contributed by atoms with Gasteiger partial charge in [-0.3, -0.25) is 4.79 Å². The first-order valence-electron chi connectivity index (χ1n) is 3.60. The summed E-state index contributed by atoms with van der Waals surface area (Å²) >= 11 is 0. The van der Waals surface area contributed by atoms with E-state index in [1.54, 1.807) is 0 Å². The van der Waals surface area contributed by atoms with E-state index in [2.05, 4.69) is 0 Å². The van der Waals surface area contributed by atoms with E-state index in [1.807, 2.05) is 0 Å². The number of hydrogen-bond acceptors (Lipinski definition) is 3. The quantitative estimate of drug-likeness (QED) is 0.450. The van der Waals surface area contributed by atoms with E-state index in [0.717, 1.165) is 0 Å². The van der Waals surface area contributed by atoms with Crippen molar-refractivity contribution in [3.63, 3.8) is 0 Å². The van der Waals surface area contributed by atoms with Crippen LogP contribution in [0.25, 0.3) is 0 Å². The number of carbonyl (C=O) groups excluding carboxylic acids is 1. The summed E-state index contributed by atoms with van der Waals surface area (Å²) < 4.78 is 0. The van der Waals surface area contributed by atoms with Crippen LogP contribution >= 0.6 is 0 Å². The number of rotatable bonds is 2. The Morgan fingerprint density at radius 1 is 1.29 bits per heavy atom. The van der Waals surface area contributed by atoms with Gasteiger partial charge in [-0.1, -0.05) is 6.07 Å². The Kier molecular flexibility index (Phi) is 4.83. The maximum absolute atomic E-state index is 10.9. The maximum atomic E-state index is 10.9. The van der Waals surface area contributed by atoms with Crippen molar-refractivity contribution < 1.29 is 50.8 Å². The number of carboxylic acids is 1. The number of carboxylic acid groups (broad SMARTS) is 1. The average Bonchev–Trinajstić information content (AvgIpc) is 2.03. The summed E-state index contributed by atoms with van der Waals surface area (Å²) in [6.45, 7) is 1.26. The Labute approximate surface area is 104 Å². The zero-order chi connectivity index (χ0) is 10.0. The van der Waals surface area contributed by atoms with E-state index in [0.29, 0.717) is 0 Å². The molecule has 0 heterocycles. The molecule has 0 bridgehead atoms. The number of benzene rings is 1. The van der Waals surface area contributed by atoms with Crippen LogP contribution in [0.3, 0.4) is 0 Å². The summed E-state index contributed by atoms with van der Waals surface area (Å²) in [6.07, 6.45) is 0. The smallest absolute Gasteiger partial charge is 1.00 e. The fourth-order valence-electron chi connectivity index (χ4n) is 1.00. The zero-order valence-corrected chi connectivity index (χ0v) is 9.94. The molecule has 2 N–H and O–H groups in total. The number of hydrogen-bond donors (Lipinski definition) is 2. The molecule has 0 aliphatic rings. The second-order valence-electron chi connectivity index (χ2n) is 2.56. The van der Waals surface area contributed by atoms with E-state index in [1.165, 1.54) is 25.1 Å². The Hall–Kier alpha value is -0.840. The largest absolute Gasteiger partial charge is 1.00 e. The maximum Gasteiger partial charge on any atom is 1.00 e. The summed E-state index contributed by atoms with van der Waals surface area (Å²) in [5, 5.41) is 17.9.